The van der Waals surface area contributed by atoms with Gasteiger partial charge in [0.25, 0.3) is 0 Å². The van der Waals surface area contributed by atoms with E-state index in [0.29, 0.717) is 16.1 Å². The molecule has 5 heteroatoms. The number of rotatable bonds is 5. The summed E-state index contributed by atoms with van der Waals surface area (Å²) in [6, 6.07) is 6.39. The summed E-state index contributed by atoms with van der Waals surface area (Å²) in [5.41, 5.74) is 1.26. The van der Waals surface area contributed by atoms with Gasteiger partial charge in [0.2, 0.25) is 0 Å². The normalized spacial score (nSPS) is 14.2. The molecule has 0 radical (unpaired) electrons. The zero-order valence-corrected chi connectivity index (χ0v) is 12.2. The fraction of sp³-hybridized carbons (Fsp3) is 0.333. The van der Waals surface area contributed by atoms with Crippen LogP contribution in [0.4, 0.5) is 0 Å². The zero-order chi connectivity index (χ0) is 14.7. The number of fused-ring (bicyclic) bond motifs is 1. The molecule has 0 bridgehead atoms. The summed E-state index contributed by atoms with van der Waals surface area (Å²) in [4.78, 5) is 15.8. The van der Waals surface area contributed by atoms with E-state index in [9.17, 15) is 9.90 Å². The summed E-state index contributed by atoms with van der Waals surface area (Å²) in [6.45, 7) is 3.97. The van der Waals surface area contributed by atoms with Gasteiger partial charge in [-0.05, 0) is 31.5 Å². The molecule has 0 amide bonds. The fourth-order valence-corrected chi connectivity index (χ4v) is 2.30. The molecule has 2 aromatic rings. The molecule has 1 aromatic carbocycles. The van der Waals surface area contributed by atoms with Crippen LogP contribution < -0.4 is 5.32 Å². The fourth-order valence-electron chi connectivity index (χ4n) is 2.09. The van der Waals surface area contributed by atoms with Crippen LogP contribution in [0.5, 0.6) is 0 Å². The molecule has 4 nitrogen and oxygen atoms in total. The Morgan fingerprint density at radius 2 is 2.20 bits per heavy atom. The van der Waals surface area contributed by atoms with Crippen molar-refractivity contribution in [1.29, 1.82) is 0 Å². The van der Waals surface area contributed by atoms with Gasteiger partial charge >= 0.3 is 5.97 Å². The lowest BCUT2D eigenvalue weighted by molar-refractivity contribution is -0.139. The Morgan fingerprint density at radius 3 is 2.85 bits per heavy atom. The Morgan fingerprint density at radius 1 is 1.45 bits per heavy atom. The number of halogens is 1. The van der Waals surface area contributed by atoms with E-state index in [0.717, 1.165) is 11.8 Å². The number of aliphatic carboxylic acids is 1. The number of aromatic nitrogens is 1. The highest BCUT2D eigenvalue weighted by Crippen LogP contribution is 2.29. The van der Waals surface area contributed by atoms with Crippen molar-refractivity contribution in [2.75, 3.05) is 0 Å². The third-order valence-electron chi connectivity index (χ3n) is 3.37. The molecule has 2 atom stereocenters. The molecule has 0 saturated heterocycles. The number of carbonyl (C=O) groups is 1. The Labute approximate surface area is 122 Å². The van der Waals surface area contributed by atoms with Gasteiger partial charge in [0, 0.05) is 28.2 Å². The first-order valence-electron chi connectivity index (χ1n) is 6.56. The molecule has 0 fully saturated rings. The smallest absolute Gasteiger partial charge is 0.325 e. The molecule has 0 aliphatic carbocycles. The van der Waals surface area contributed by atoms with Gasteiger partial charge in [0.15, 0.2) is 0 Å². The van der Waals surface area contributed by atoms with Crippen molar-refractivity contribution in [2.45, 2.75) is 32.4 Å². The molecule has 0 saturated carbocycles. The second-order valence-corrected chi connectivity index (χ2v) is 5.19. The molecule has 0 spiro atoms. The maximum absolute atomic E-state index is 11.6. The van der Waals surface area contributed by atoms with E-state index in [2.05, 4.69) is 10.3 Å². The van der Waals surface area contributed by atoms with Crippen LogP contribution in [0.1, 0.15) is 31.9 Å². The van der Waals surface area contributed by atoms with Gasteiger partial charge in [0.1, 0.15) is 6.04 Å². The molecule has 2 unspecified atom stereocenters. The Kier molecular flexibility index (Phi) is 4.57. The van der Waals surface area contributed by atoms with Crippen LogP contribution in [-0.4, -0.2) is 22.1 Å². The minimum absolute atomic E-state index is 0.102. The van der Waals surface area contributed by atoms with E-state index in [1.807, 2.05) is 19.9 Å². The van der Waals surface area contributed by atoms with Crippen molar-refractivity contribution in [2.24, 2.45) is 0 Å². The maximum Gasteiger partial charge on any atom is 0.325 e. The van der Waals surface area contributed by atoms with E-state index in [-0.39, 0.29) is 6.04 Å². The van der Waals surface area contributed by atoms with E-state index < -0.39 is 12.0 Å². The van der Waals surface area contributed by atoms with Gasteiger partial charge in [0.05, 0.1) is 5.52 Å². The predicted molar refractivity (Wildman–Crippen MR) is 80.0 cm³/mol. The van der Waals surface area contributed by atoms with Gasteiger partial charge < -0.3 is 5.11 Å². The van der Waals surface area contributed by atoms with Gasteiger partial charge in [-0.25, -0.2) is 0 Å². The van der Waals surface area contributed by atoms with E-state index in [4.69, 9.17) is 11.6 Å². The second-order valence-electron chi connectivity index (χ2n) is 4.78. The number of carboxylic acids is 1. The quantitative estimate of drug-likeness (QED) is 0.886. The van der Waals surface area contributed by atoms with Gasteiger partial charge in [-0.3, -0.25) is 15.1 Å². The molecular weight excluding hydrogens is 276 g/mol. The lowest BCUT2D eigenvalue weighted by Crippen LogP contribution is -2.35. The summed E-state index contributed by atoms with van der Waals surface area (Å²) in [5, 5.41) is 13.9. The molecule has 2 rings (SSSR count). The third kappa shape index (κ3) is 2.92. The number of hydrogen-bond acceptors (Lipinski definition) is 3. The van der Waals surface area contributed by atoms with Crippen LogP contribution in [0.2, 0.25) is 5.02 Å². The summed E-state index contributed by atoms with van der Waals surface area (Å²) >= 11 is 6.14. The van der Waals surface area contributed by atoms with Crippen LogP contribution in [0.25, 0.3) is 10.9 Å². The summed E-state index contributed by atoms with van der Waals surface area (Å²) in [7, 11) is 0. The minimum Gasteiger partial charge on any atom is -0.480 e. The van der Waals surface area contributed by atoms with E-state index >= 15 is 0 Å². The highest BCUT2D eigenvalue weighted by Gasteiger charge is 2.24. The number of pyridine rings is 1. The van der Waals surface area contributed by atoms with Gasteiger partial charge in [-0.2, -0.15) is 0 Å². The zero-order valence-electron chi connectivity index (χ0n) is 11.4. The van der Waals surface area contributed by atoms with Crippen LogP contribution >= 0.6 is 11.6 Å². The number of nitrogens with zero attached hydrogens (tertiary/aromatic N) is 1. The molecule has 1 aromatic heterocycles. The first kappa shape index (κ1) is 14.8. The van der Waals surface area contributed by atoms with Crippen molar-refractivity contribution >= 4 is 28.5 Å². The maximum atomic E-state index is 11.6. The Hall–Kier alpha value is -1.65. The van der Waals surface area contributed by atoms with Crippen molar-refractivity contribution in [3.8, 4) is 0 Å². The van der Waals surface area contributed by atoms with Gasteiger partial charge in [-0.1, -0.05) is 24.6 Å². The molecule has 106 valence electrons. The van der Waals surface area contributed by atoms with Crippen molar-refractivity contribution < 1.29 is 9.90 Å². The molecule has 2 N–H and O–H groups in total. The van der Waals surface area contributed by atoms with Crippen LogP contribution in [0.15, 0.2) is 30.5 Å². The number of nitrogens with one attached hydrogen (secondary N) is 1. The molecule has 0 aliphatic heterocycles. The number of benzene rings is 1. The van der Waals surface area contributed by atoms with Crippen molar-refractivity contribution in [3.05, 3.63) is 41.0 Å². The third-order valence-corrected chi connectivity index (χ3v) is 3.70. The van der Waals surface area contributed by atoms with E-state index in [1.165, 1.54) is 0 Å². The highest BCUT2D eigenvalue weighted by molar-refractivity contribution is 6.35. The molecule has 0 aliphatic rings. The Bertz CT molecular complexity index is 630. The number of carboxylic acid groups (broad SMARTS) is 1. The average molecular weight is 293 g/mol. The lowest BCUT2D eigenvalue weighted by atomic mass is 10.0. The summed E-state index contributed by atoms with van der Waals surface area (Å²) in [5.74, 6) is -0.917. The molecule has 1 heterocycles. The van der Waals surface area contributed by atoms with Crippen LogP contribution in [0, 0.1) is 0 Å². The summed E-state index contributed by atoms with van der Waals surface area (Å²) < 4.78 is 0. The Balaban J connectivity index is 2.54. The largest absolute Gasteiger partial charge is 0.480 e. The topological polar surface area (TPSA) is 62.2 Å². The second kappa shape index (κ2) is 6.20. The minimum atomic E-state index is -0.917. The first-order chi connectivity index (χ1) is 9.54. The standard InChI is InChI=1S/C15H17ClN2O2/c1-3-9(2)18-14(15(19)20)11-6-7-12(16)10-5-4-8-17-13(10)11/h4-9,14,18H,3H2,1-2H3,(H,19,20). The van der Waals surface area contributed by atoms with Crippen LogP contribution in [0.3, 0.4) is 0 Å². The average Bonchev–Trinajstić information content (AvgIpc) is 2.45. The molecular formula is C15H17ClN2O2. The first-order valence-corrected chi connectivity index (χ1v) is 6.94. The van der Waals surface area contributed by atoms with Crippen molar-refractivity contribution in [3.63, 3.8) is 0 Å². The summed E-state index contributed by atoms with van der Waals surface area (Å²) in [6.07, 6.45) is 2.49. The van der Waals surface area contributed by atoms with Crippen molar-refractivity contribution in [1.82, 2.24) is 10.3 Å². The van der Waals surface area contributed by atoms with E-state index in [1.54, 1.807) is 24.4 Å². The molecule has 20 heavy (non-hydrogen) atoms. The highest BCUT2D eigenvalue weighted by atomic mass is 35.5. The SMILES string of the molecule is CCC(C)NC(C(=O)O)c1ccc(Cl)c2cccnc12. The number of hydrogen-bond donors (Lipinski definition) is 2. The predicted octanol–water partition coefficient (Wildman–Crippen LogP) is 3.40. The van der Waals surface area contributed by atoms with Crippen LogP contribution in [-0.2, 0) is 4.79 Å². The lowest BCUT2D eigenvalue weighted by Gasteiger charge is -2.20. The monoisotopic (exact) mass is 292 g/mol. The van der Waals surface area contributed by atoms with Gasteiger partial charge in [-0.15, -0.1) is 0 Å².